The molecule has 1 amide bonds. The zero-order valence-electron chi connectivity index (χ0n) is 28.8. The number of amides is 1. The maximum Gasteiger partial charge on any atom is 0.340 e. The monoisotopic (exact) mass is 693 g/mol. The van der Waals surface area contributed by atoms with Crippen LogP contribution in [0.4, 0.5) is 5.69 Å². The third kappa shape index (κ3) is 8.62. The Bertz CT molecular complexity index is 1500. The van der Waals surface area contributed by atoms with Crippen molar-refractivity contribution in [1.29, 1.82) is 0 Å². The third-order valence-electron chi connectivity index (χ3n) is 11.1. The van der Waals surface area contributed by atoms with Crippen LogP contribution in [0.2, 0.25) is 5.02 Å². The fourth-order valence-corrected chi connectivity index (χ4v) is 8.03. The van der Waals surface area contributed by atoms with Crippen LogP contribution in [0.25, 0.3) is 0 Å². The molecule has 0 aromatic heterocycles. The molecule has 2 aromatic carbocycles. The Morgan fingerprint density at radius 3 is 2.61 bits per heavy atom. The normalized spacial score (nSPS) is 27.9. The minimum atomic E-state index is -2.39. The summed E-state index contributed by atoms with van der Waals surface area (Å²) in [7, 11) is 1.66. The van der Waals surface area contributed by atoms with Gasteiger partial charge in [0.25, 0.3) is 0 Å². The van der Waals surface area contributed by atoms with E-state index in [0.29, 0.717) is 48.8 Å². The molecule has 1 unspecified atom stereocenters. The van der Waals surface area contributed by atoms with Crippen LogP contribution in [0.5, 0.6) is 5.75 Å². The van der Waals surface area contributed by atoms with Crippen molar-refractivity contribution < 1.29 is 29.3 Å². The first-order chi connectivity index (χ1) is 23.7. The van der Waals surface area contributed by atoms with Gasteiger partial charge in [0.1, 0.15) is 12.4 Å². The lowest BCUT2D eigenvalue weighted by molar-refractivity contribution is -0.164. The molecular formula is C39H52ClN3O6. The molecule has 4 atom stereocenters. The Morgan fingerprint density at radius 1 is 1.02 bits per heavy atom. The zero-order valence-corrected chi connectivity index (χ0v) is 29.6. The second-order valence-electron chi connectivity index (χ2n) is 14.4. The van der Waals surface area contributed by atoms with E-state index in [-0.39, 0.29) is 11.7 Å². The van der Waals surface area contributed by atoms with Crippen LogP contribution in [0, 0.1) is 11.8 Å². The number of carboxylic acid groups (broad SMARTS) is 1. The molecule has 1 saturated carbocycles. The summed E-state index contributed by atoms with van der Waals surface area (Å²) in [5.74, 6) is -0.544. The summed E-state index contributed by atoms with van der Waals surface area (Å²) >= 11 is 6.37. The van der Waals surface area contributed by atoms with Gasteiger partial charge >= 0.3 is 5.97 Å². The summed E-state index contributed by atoms with van der Waals surface area (Å²) in [5.41, 5.74) is 0.760. The van der Waals surface area contributed by atoms with Crippen molar-refractivity contribution in [2.45, 2.75) is 82.5 Å². The van der Waals surface area contributed by atoms with E-state index < -0.39 is 23.9 Å². The number of piperidine rings is 1. The van der Waals surface area contributed by atoms with E-state index in [1.807, 2.05) is 18.2 Å². The van der Waals surface area contributed by atoms with Crippen molar-refractivity contribution in [3.63, 3.8) is 0 Å². The summed E-state index contributed by atoms with van der Waals surface area (Å²) < 4.78 is 13.2. The van der Waals surface area contributed by atoms with Gasteiger partial charge in [-0.3, -0.25) is 4.79 Å². The van der Waals surface area contributed by atoms with E-state index in [4.69, 9.17) is 21.1 Å². The average Bonchev–Trinajstić information content (AvgIpc) is 3.11. The number of aliphatic hydroxyl groups is 1. The third-order valence-corrected chi connectivity index (χ3v) is 11.4. The van der Waals surface area contributed by atoms with Crippen molar-refractivity contribution in [3.05, 3.63) is 70.3 Å². The summed E-state index contributed by atoms with van der Waals surface area (Å²) in [6.45, 7) is 6.17. The number of fused-ring (bicyclic) bond motifs is 3. The van der Waals surface area contributed by atoms with Gasteiger partial charge in [-0.2, -0.15) is 0 Å². The van der Waals surface area contributed by atoms with E-state index in [2.05, 4.69) is 22.0 Å². The van der Waals surface area contributed by atoms with Crippen molar-refractivity contribution in [1.82, 2.24) is 9.80 Å². The molecule has 0 radical (unpaired) electrons. The molecule has 2 aromatic rings. The topological polar surface area (TPSA) is 103 Å². The molecule has 0 spiro atoms. The summed E-state index contributed by atoms with van der Waals surface area (Å²) in [4.78, 5) is 32.4. The second-order valence-corrected chi connectivity index (χ2v) is 14.8. The molecule has 3 aliphatic heterocycles. The Balaban J connectivity index is 1.33. The highest BCUT2D eigenvalue weighted by Gasteiger charge is 2.43. The number of aryl methyl sites for hydroxylation is 1. The molecule has 1 saturated heterocycles. The van der Waals surface area contributed by atoms with Crippen LogP contribution in [-0.4, -0.2) is 90.9 Å². The number of hydrogen-bond donors (Lipinski definition) is 2. The SMILES string of the molecule is CN1CC/C=C/[C@H](OCCN2CCCCC2)[C@@H]2CC[C@H]2CN2CCCCc3cc(Cl)ccc3COc3ccc(cc32)C(O)(C(=O)O)CC1=O. The number of hydrogen-bond acceptors (Lipinski definition) is 7. The molecular weight excluding hydrogens is 642 g/mol. The molecule has 4 aliphatic rings. The molecule has 2 N–H and O–H groups in total. The second kappa shape index (κ2) is 16.3. The highest BCUT2D eigenvalue weighted by atomic mass is 35.5. The van der Waals surface area contributed by atoms with Gasteiger partial charge in [0.2, 0.25) is 5.91 Å². The van der Waals surface area contributed by atoms with Crippen molar-refractivity contribution in [3.8, 4) is 5.75 Å². The number of anilines is 1. The minimum Gasteiger partial charge on any atom is -0.487 e. The zero-order chi connectivity index (χ0) is 34.4. The van der Waals surface area contributed by atoms with Crippen molar-refractivity contribution >= 4 is 29.2 Å². The number of halogens is 1. The van der Waals surface area contributed by atoms with Crippen LogP contribution in [0.3, 0.4) is 0 Å². The predicted molar refractivity (Wildman–Crippen MR) is 191 cm³/mol. The Morgan fingerprint density at radius 2 is 1.84 bits per heavy atom. The summed E-state index contributed by atoms with van der Waals surface area (Å²) in [5, 5.41) is 22.7. The maximum absolute atomic E-state index is 13.3. The highest BCUT2D eigenvalue weighted by molar-refractivity contribution is 6.30. The van der Waals surface area contributed by atoms with Crippen molar-refractivity contribution in [2.75, 3.05) is 57.8 Å². The van der Waals surface area contributed by atoms with Crippen LogP contribution in [-0.2, 0) is 33.0 Å². The van der Waals surface area contributed by atoms with Gasteiger partial charge in [0.15, 0.2) is 5.60 Å². The first-order valence-electron chi connectivity index (χ1n) is 18.2. The quantitative estimate of drug-likeness (QED) is 0.366. The summed E-state index contributed by atoms with van der Waals surface area (Å²) in [6.07, 6.45) is 13.1. The average molecular weight is 694 g/mol. The molecule has 9 nitrogen and oxygen atoms in total. The number of ether oxygens (including phenoxy) is 2. The van der Waals surface area contributed by atoms with Gasteiger partial charge in [-0.15, -0.1) is 0 Å². The fourth-order valence-electron chi connectivity index (χ4n) is 7.83. The molecule has 2 bridgehead atoms. The predicted octanol–water partition coefficient (Wildman–Crippen LogP) is 6.04. The van der Waals surface area contributed by atoms with E-state index in [0.717, 1.165) is 76.1 Å². The van der Waals surface area contributed by atoms with E-state index >= 15 is 0 Å². The molecule has 10 heteroatoms. The van der Waals surface area contributed by atoms with Crippen LogP contribution in [0.1, 0.15) is 74.5 Å². The molecule has 266 valence electrons. The van der Waals surface area contributed by atoms with Gasteiger partial charge in [0.05, 0.1) is 24.8 Å². The highest BCUT2D eigenvalue weighted by Crippen LogP contribution is 2.43. The molecule has 6 rings (SSSR count). The molecule has 2 fully saturated rings. The van der Waals surface area contributed by atoms with Gasteiger partial charge in [-0.05, 0) is 117 Å². The number of carbonyl (C=O) groups is 2. The first-order valence-corrected chi connectivity index (χ1v) is 18.6. The van der Waals surface area contributed by atoms with E-state index in [1.165, 1.54) is 29.7 Å². The Labute approximate surface area is 295 Å². The fraction of sp³-hybridized carbons (Fsp3) is 0.590. The lowest BCUT2D eigenvalue weighted by Gasteiger charge is -2.44. The number of nitrogens with zero attached hydrogens (tertiary/aromatic N) is 3. The maximum atomic E-state index is 13.3. The van der Waals surface area contributed by atoms with Gasteiger partial charge in [0, 0.05) is 38.2 Å². The van der Waals surface area contributed by atoms with E-state index in [9.17, 15) is 19.8 Å². The Hall–Kier alpha value is -3.11. The number of benzene rings is 2. The standard InChI is InChI=1S/C39H52ClN3O6/c1-41-17-7-4-10-35(48-22-21-42-18-5-2-6-19-42)33-15-12-29(33)26-43-20-8-3-9-28-23-32(40)14-11-30(28)27-49-36-16-13-31(24-34(36)43)39(47,38(45)46)25-37(41)44/h4,10-11,13-14,16,23-24,29,33,35,47H,2-3,5-9,12,15,17-22,25-27H2,1H3,(H,45,46)/b10-4+/t29-,33+,35-,39?/m0/s1. The molecule has 3 heterocycles. The number of carbonyl (C=O) groups excluding carboxylic acids is 1. The lowest BCUT2D eigenvalue weighted by Crippen LogP contribution is -2.45. The van der Waals surface area contributed by atoms with Crippen LogP contribution < -0.4 is 9.64 Å². The van der Waals surface area contributed by atoms with Gasteiger partial charge in [-0.1, -0.05) is 42.3 Å². The number of aliphatic carboxylic acids is 1. The van der Waals surface area contributed by atoms with Crippen LogP contribution >= 0.6 is 11.6 Å². The number of carboxylic acids is 1. The molecule has 1 aliphatic carbocycles. The summed E-state index contributed by atoms with van der Waals surface area (Å²) in [6, 6.07) is 11.0. The van der Waals surface area contributed by atoms with E-state index in [1.54, 1.807) is 25.2 Å². The minimum absolute atomic E-state index is 0.0141. The van der Waals surface area contributed by atoms with Gasteiger partial charge < -0.3 is 34.4 Å². The Kier molecular flexibility index (Phi) is 11.9. The first kappa shape index (κ1) is 35.7. The van der Waals surface area contributed by atoms with Gasteiger partial charge in [-0.25, -0.2) is 4.79 Å². The van der Waals surface area contributed by atoms with Crippen LogP contribution in [0.15, 0.2) is 48.6 Å². The number of rotatable bonds is 5. The lowest BCUT2D eigenvalue weighted by atomic mass is 9.70. The smallest absolute Gasteiger partial charge is 0.340 e. The van der Waals surface area contributed by atoms with Crippen molar-refractivity contribution in [2.24, 2.45) is 11.8 Å². The number of likely N-dealkylation sites (tertiary alicyclic amines) is 1. The molecule has 49 heavy (non-hydrogen) atoms. The largest absolute Gasteiger partial charge is 0.487 e.